The number of esters is 1. The maximum Gasteiger partial charge on any atom is 0.321 e. The Morgan fingerprint density at radius 3 is 2.54 bits per heavy atom. The first-order valence-electron chi connectivity index (χ1n) is 7.54. The van der Waals surface area contributed by atoms with Crippen LogP contribution in [0.5, 0.6) is 0 Å². The molecule has 1 amide bonds. The van der Waals surface area contributed by atoms with E-state index in [1.807, 2.05) is 17.7 Å². The number of anilines is 1. The topological polar surface area (TPSA) is 102 Å². The van der Waals surface area contributed by atoms with Crippen molar-refractivity contribution in [2.45, 2.75) is 11.8 Å². The van der Waals surface area contributed by atoms with Crippen molar-refractivity contribution in [3.63, 3.8) is 0 Å². The molecule has 0 unspecified atom stereocenters. The number of benzene rings is 2. The number of carbonyl (C=O) groups excluding carboxylic acids is 2. The molecular weight excluding hydrogens is 363 g/mol. The van der Waals surface area contributed by atoms with E-state index in [0.29, 0.717) is 5.69 Å². The van der Waals surface area contributed by atoms with Crippen molar-refractivity contribution in [2.75, 3.05) is 18.5 Å². The van der Waals surface area contributed by atoms with Crippen molar-refractivity contribution < 1.29 is 27.1 Å². The summed E-state index contributed by atoms with van der Waals surface area (Å²) < 4.78 is 44.0. The molecule has 2 rings (SSSR count). The van der Waals surface area contributed by atoms with Crippen LogP contribution in [0.1, 0.15) is 5.56 Å². The average Bonchev–Trinajstić information content (AvgIpc) is 2.58. The van der Waals surface area contributed by atoms with Crippen molar-refractivity contribution in [1.82, 2.24) is 4.72 Å². The molecule has 0 aliphatic rings. The van der Waals surface area contributed by atoms with Gasteiger partial charge in [0.05, 0.1) is 0 Å². The summed E-state index contributed by atoms with van der Waals surface area (Å²) in [6.07, 6.45) is 0. The number of carbonyl (C=O) groups is 2. The summed E-state index contributed by atoms with van der Waals surface area (Å²) in [5.41, 5.74) is 1.49. The number of hydrogen-bond donors (Lipinski definition) is 2. The van der Waals surface area contributed by atoms with Crippen LogP contribution >= 0.6 is 0 Å². The minimum Gasteiger partial charge on any atom is -0.455 e. The van der Waals surface area contributed by atoms with Gasteiger partial charge in [-0.2, -0.15) is 4.72 Å². The second-order valence-electron chi connectivity index (χ2n) is 5.33. The molecular formula is C17H17FN2O5S. The standard InChI is InChI=1S/C17H17FN2O5S/c1-12-5-4-6-13(9-12)20-16(21)11-25-17(22)10-19-26(23,24)15-8-3-2-7-14(15)18/h2-9,19H,10-11H2,1H3,(H,20,21). The molecule has 7 nitrogen and oxygen atoms in total. The van der Waals surface area contributed by atoms with Crippen molar-refractivity contribution in [3.05, 3.63) is 59.9 Å². The normalized spacial score (nSPS) is 11.0. The average molecular weight is 380 g/mol. The van der Waals surface area contributed by atoms with Crippen molar-refractivity contribution in [3.8, 4) is 0 Å². The van der Waals surface area contributed by atoms with Gasteiger partial charge in [-0.05, 0) is 36.8 Å². The first-order valence-corrected chi connectivity index (χ1v) is 9.02. The summed E-state index contributed by atoms with van der Waals surface area (Å²) >= 11 is 0. The van der Waals surface area contributed by atoms with Crippen LogP contribution in [-0.4, -0.2) is 33.4 Å². The predicted octanol–water partition coefficient (Wildman–Crippen LogP) is 1.59. The monoisotopic (exact) mass is 380 g/mol. The van der Waals surface area contributed by atoms with Crippen LogP contribution in [0.25, 0.3) is 0 Å². The molecule has 0 aromatic heterocycles. The van der Waals surface area contributed by atoms with Crippen LogP contribution in [0, 0.1) is 12.7 Å². The Labute approximate surface area is 150 Å². The molecule has 0 radical (unpaired) electrons. The van der Waals surface area contributed by atoms with E-state index < -0.39 is 45.8 Å². The smallest absolute Gasteiger partial charge is 0.321 e. The number of nitrogens with one attached hydrogen (secondary N) is 2. The Hall–Kier alpha value is -2.78. The van der Waals surface area contributed by atoms with Gasteiger partial charge in [-0.3, -0.25) is 9.59 Å². The van der Waals surface area contributed by atoms with E-state index in [9.17, 15) is 22.4 Å². The van der Waals surface area contributed by atoms with E-state index >= 15 is 0 Å². The highest BCUT2D eigenvalue weighted by Crippen LogP contribution is 2.12. The molecule has 0 aliphatic carbocycles. The summed E-state index contributed by atoms with van der Waals surface area (Å²) in [6, 6.07) is 11.8. The maximum atomic E-state index is 13.5. The molecule has 2 N–H and O–H groups in total. The molecule has 0 bridgehead atoms. The van der Waals surface area contributed by atoms with Crippen LogP contribution in [-0.2, 0) is 24.3 Å². The minimum atomic E-state index is -4.20. The van der Waals surface area contributed by atoms with Gasteiger partial charge in [-0.25, -0.2) is 12.8 Å². The predicted molar refractivity (Wildman–Crippen MR) is 92.4 cm³/mol. The zero-order valence-electron chi connectivity index (χ0n) is 13.9. The number of ether oxygens (including phenoxy) is 1. The summed E-state index contributed by atoms with van der Waals surface area (Å²) in [5, 5.41) is 2.54. The van der Waals surface area contributed by atoms with E-state index in [1.54, 1.807) is 18.2 Å². The first-order chi connectivity index (χ1) is 12.3. The zero-order chi connectivity index (χ0) is 19.2. The molecule has 0 heterocycles. The second kappa shape index (κ2) is 8.54. The lowest BCUT2D eigenvalue weighted by atomic mass is 10.2. The van der Waals surface area contributed by atoms with E-state index in [0.717, 1.165) is 17.7 Å². The van der Waals surface area contributed by atoms with Gasteiger partial charge in [-0.1, -0.05) is 24.3 Å². The van der Waals surface area contributed by atoms with E-state index in [2.05, 4.69) is 5.32 Å². The third-order valence-electron chi connectivity index (χ3n) is 3.20. The fourth-order valence-corrected chi connectivity index (χ4v) is 3.06. The van der Waals surface area contributed by atoms with Crippen LogP contribution in [0.4, 0.5) is 10.1 Å². The molecule has 0 fully saturated rings. The highest BCUT2D eigenvalue weighted by atomic mass is 32.2. The molecule has 0 atom stereocenters. The highest BCUT2D eigenvalue weighted by Gasteiger charge is 2.20. The lowest BCUT2D eigenvalue weighted by Crippen LogP contribution is -2.32. The summed E-state index contributed by atoms with van der Waals surface area (Å²) in [7, 11) is -4.20. The number of amides is 1. The molecule has 2 aromatic rings. The largest absolute Gasteiger partial charge is 0.455 e. The maximum absolute atomic E-state index is 13.5. The Morgan fingerprint density at radius 2 is 1.85 bits per heavy atom. The lowest BCUT2D eigenvalue weighted by molar-refractivity contribution is -0.146. The zero-order valence-corrected chi connectivity index (χ0v) is 14.7. The molecule has 0 aliphatic heterocycles. The quantitative estimate of drug-likeness (QED) is 0.711. The van der Waals surface area contributed by atoms with Crippen LogP contribution in [0.3, 0.4) is 0 Å². The second-order valence-corrected chi connectivity index (χ2v) is 7.07. The van der Waals surface area contributed by atoms with Gasteiger partial charge in [0.25, 0.3) is 5.91 Å². The fraction of sp³-hybridized carbons (Fsp3) is 0.176. The fourth-order valence-electron chi connectivity index (χ4n) is 2.01. The van der Waals surface area contributed by atoms with Gasteiger partial charge in [0.2, 0.25) is 10.0 Å². The number of halogens is 1. The van der Waals surface area contributed by atoms with Crippen molar-refractivity contribution >= 4 is 27.6 Å². The molecule has 0 saturated carbocycles. The van der Waals surface area contributed by atoms with Crippen LogP contribution in [0.15, 0.2) is 53.4 Å². The molecule has 26 heavy (non-hydrogen) atoms. The summed E-state index contributed by atoms with van der Waals surface area (Å²) in [6.45, 7) is 0.556. The Kier molecular flexibility index (Phi) is 6.42. The van der Waals surface area contributed by atoms with E-state index in [-0.39, 0.29) is 0 Å². The number of rotatable bonds is 7. The van der Waals surface area contributed by atoms with Crippen LogP contribution < -0.4 is 10.0 Å². The number of sulfonamides is 1. The van der Waals surface area contributed by atoms with E-state index in [1.165, 1.54) is 12.1 Å². The third kappa shape index (κ3) is 5.64. The summed E-state index contributed by atoms with van der Waals surface area (Å²) in [4.78, 5) is 22.7. The first kappa shape index (κ1) is 19.5. The number of hydrogen-bond acceptors (Lipinski definition) is 5. The number of aryl methyl sites for hydroxylation is 1. The van der Waals surface area contributed by atoms with Gasteiger partial charge >= 0.3 is 5.97 Å². The van der Waals surface area contributed by atoms with Gasteiger partial charge < -0.3 is 10.1 Å². The SMILES string of the molecule is Cc1cccc(NC(=O)COC(=O)CNS(=O)(=O)c2ccccc2F)c1. The molecule has 2 aromatic carbocycles. The van der Waals surface area contributed by atoms with Gasteiger partial charge in [0.1, 0.15) is 17.3 Å². The summed E-state index contributed by atoms with van der Waals surface area (Å²) in [5.74, 6) is -2.48. The van der Waals surface area contributed by atoms with Crippen molar-refractivity contribution in [2.24, 2.45) is 0 Å². The van der Waals surface area contributed by atoms with E-state index in [4.69, 9.17) is 4.74 Å². The Balaban J connectivity index is 1.82. The Bertz CT molecular complexity index is 915. The van der Waals surface area contributed by atoms with Gasteiger partial charge in [-0.15, -0.1) is 0 Å². The van der Waals surface area contributed by atoms with Crippen molar-refractivity contribution in [1.29, 1.82) is 0 Å². The van der Waals surface area contributed by atoms with Crippen LogP contribution in [0.2, 0.25) is 0 Å². The Morgan fingerprint density at radius 1 is 1.12 bits per heavy atom. The van der Waals surface area contributed by atoms with Gasteiger partial charge in [0, 0.05) is 5.69 Å². The molecule has 0 spiro atoms. The molecule has 0 saturated heterocycles. The third-order valence-corrected chi connectivity index (χ3v) is 4.63. The lowest BCUT2D eigenvalue weighted by Gasteiger charge is -2.09. The molecule has 138 valence electrons. The van der Waals surface area contributed by atoms with Gasteiger partial charge in [0.15, 0.2) is 6.61 Å². The highest BCUT2D eigenvalue weighted by molar-refractivity contribution is 7.89. The minimum absolute atomic E-state index is 0.548. The molecule has 9 heteroatoms.